The van der Waals surface area contributed by atoms with E-state index in [4.69, 9.17) is 10.5 Å². The molecule has 1 aromatic rings. The summed E-state index contributed by atoms with van der Waals surface area (Å²) < 4.78 is 6.63. The number of amides is 1. The molecule has 118 valence electrons. The van der Waals surface area contributed by atoms with Crippen LogP contribution in [0.5, 0.6) is 5.75 Å². The highest BCUT2D eigenvalue weighted by molar-refractivity contribution is 9.10. The molecule has 0 radical (unpaired) electrons. The van der Waals surface area contributed by atoms with Crippen LogP contribution in [0.2, 0.25) is 0 Å². The number of piperidine rings is 1. The Bertz CT molecular complexity index is 473. The molecular weight excluding hydrogens is 356 g/mol. The second kappa shape index (κ2) is 8.61. The number of rotatable bonds is 4. The van der Waals surface area contributed by atoms with Crippen molar-refractivity contribution in [2.75, 3.05) is 13.1 Å². The molecule has 2 unspecified atom stereocenters. The van der Waals surface area contributed by atoms with Crippen molar-refractivity contribution in [1.82, 2.24) is 4.90 Å². The lowest BCUT2D eigenvalue weighted by molar-refractivity contribution is -0.141. The molecule has 1 heterocycles. The van der Waals surface area contributed by atoms with Crippen LogP contribution in [0.15, 0.2) is 28.7 Å². The van der Waals surface area contributed by atoms with E-state index in [1.165, 1.54) is 0 Å². The number of likely N-dealkylation sites (tertiary alicyclic amines) is 1. The van der Waals surface area contributed by atoms with Crippen molar-refractivity contribution >= 4 is 34.2 Å². The second-order valence-corrected chi connectivity index (χ2v) is 5.96. The van der Waals surface area contributed by atoms with Gasteiger partial charge in [-0.2, -0.15) is 0 Å². The van der Waals surface area contributed by atoms with Gasteiger partial charge in [0.1, 0.15) is 5.75 Å². The molecule has 1 amide bonds. The van der Waals surface area contributed by atoms with Crippen LogP contribution in [0.3, 0.4) is 0 Å². The molecule has 0 aromatic heterocycles. The topological polar surface area (TPSA) is 55.6 Å². The van der Waals surface area contributed by atoms with E-state index in [1.54, 1.807) is 6.92 Å². The van der Waals surface area contributed by atoms with E-state index < -0.39 is 6.10 Å². The van der Waals surface area contributed by atoms with Crippen LogP contribution in [-0.4, -0.2) is 36.0 Å². The molecule has 0 spiro atoms. The van der Waals surface area contributed by atoms with Crippen LogP contribution >= 0.6 is 28.3 Å². The first-order chi connectivity index (χ1) is 9.63. The fraction of sp³-hybridized carbons (Fsp3) is 0.533. The second-order valence-electron chi connectivity index (χ2n) is 5.11. The monoisotopic (exact) mass is 376 g/mol. The van der Waals surface area contributed by atoms with Crippen LogP contribution in [-0.2, 0) is 4.79 Å². The minimum atomic E-state index is -0.499. The first kappa shape index (κ1) is 18.3. The summed E-state index contributed by atoms with van der Waals surface area (Å²) in [5.41, 5.74) is 5.77. The molecule has 1 saturated heterocycles. The molecule has 0 bridgehead atoms. The maximum atomic E-state index is 12.5. The third-order valence-electron chi connectivity index (χ3n) is 3.67. The van der Waals surface area contributed by atoms with Gasteiger partial charge in [0, 0.05) is 19.1 Å². The van der Waals surface area contributed by atoms with Crippen LogP contribution < -0.4 is 10.5 Å². The number of carbonyl (C=O) groups is 1. The lowest BCUT2D eigenvalue weighted by Crippen LogP contribution is -2.51. The number of para-hydroxylation sites is 1. The van der Waals surface area contributed by atoms with Crippen molar-refractivity contribution in [2.24, 2.45) is 5.73 Å². The first-order valence-corrected chi connectivity index (χ1v) is 7.84. The first-order valence-electron chi connectivity index (χ1n) is 7.05. The van der Waals surface area contributed by atoms with Crippen molar-refractivity contribution in [1.29, 1.82) is 0 Å². The van der Waals surface area contributed by atoms with Gasteiger partial charge in [0.2, 0.25) is 0 Å². The van der Waals surface area contributed by atoms with E-state index in [0.717, 1.165) is 30.3 Å². The molecule has 0 saturated carbocycles. The fourth-order valence-corrected chi connectivity index (χ4v) is 2.93. The van der Waals surface area contributed by atoms with Gasteiger partial charge < -0.3 is 15.4 Å². The van der Waals surface area contributed by atoms with E-state index in [0.29, 0.717) is 12.3 Å². The van der Waals surface area contributed by atoms with Gasteiger partial charge in [0.05, 0.1) is 4.47 Å². The molecular formula is C15H22BrClN2O2. The highest BCUT2D eigenvalue weighted by atomic mass is 79.9. The highest BCUT2D eigenvalue weighted by Gasteiger charge is 2.29. The molecule has 21 heavy (non-hydrogen) atoms. The molecule has 6 heteroatoms. The van der Waals surface area contributed by atoms with Gasteiger partial charge in [-0.05, 0) is 54.2 Å². The lowest BCUT2D eigenvalue weighted by Gasteiger charge is -2.36. The number of hydrogen-bond donors (Lipinski definition) is 1. The zero-order chi connectivity index (χ0) is 14.5. The van der Waals surface area contributed by atoms with E-state index in [1.807, 2.05) is 29.2 Å². The molecule has 0 aliphatic carbocycles. The van der Waals surface area contributed by atoms with Gasteiger partial charge >= 0.3 is 0 Å². The zero-order valence-corrected chi connectivity index (χ0v) is 14.5. The summed E-state index contributed by atoms with van der Waals surface area (Å²) in [7, 11) is 0. The van der Waals surface area contributed by atoms with Crippen LogP contribution in [0, 0.1) is 0 Å². The Balaban J connectivity index is 0.00000220. The Kier molecular flexibility index (Phi) is 7.49. The predicted molar refractivity (Wildman–Crippen MR) is 89.9 cm³/mol. The number of carbonyl (C=O) groups excluding carboxylic acids is 1. The Morgan fingerprint density at radius 3 is 2.86 bits per heavy atom. The predicted octanol–water partition coefficient (Wildman–Crippen LogP) is 2.98. The molecule has 2 atom stereocenters. The number of benzene rings is 1. The Hall–Kier alpha value is -0.780. The third-order valence-corrected chi connectivity index (χ3v) is 4.33. The third kappa shape index (κ3) is 4.59. The number of halogens is 2. The van der Waals surface area contributed by atoms with E-state index in [9.17, 15) is 4.79 Å². The minimum Gasteiger partial charge on any atom is -0.480 e. The average Bonchev–Trinajstić information content (AvgIpc) is 2.48. The van der Waals surface area contributed by atoms with Crippen LogP contribution in [0.1, 0.15) is 26.2 Å². The molecule has 1 aromatic carbocycles. The van der Waals surface area contributed by atoms with Gasteiger partial charge in [0.25, 0.3) is 5.91 Å². The van der Waals surface area contributed by atoms with Gasteiger partial charge in [-0.15, -0.1) is 12.4 Å². The maximum absolute atomic E-state index is 12.5. The van der Waals surface area contributed by atoms with Crippen molar-refractivity contribution in [3.05, 3.63) is 28.7 Å². The number of nitrogens with two attached hydrogens (primary N) is 1. The summed E-state index contributed by atoms with van der Waals surface area (Å²) in [4.78, 5) is 14.4. The van der Waals surface area contributed by atoms with Gasteiger partial charge in [0.15, 0.2) is 6.10 Å². The Labute approximate surface area is 140 Å². The SMILES string of the molecule is CC(Oc1ccccc1Br)C(=O)N1CCCCC1CN.Cl. The van der Waals surface area contributed by atoms with E-state index in [-0.39, 0.29) is 24.4 Å². The molecule has 4 nitrogen and oxygen atoms in total. The average molecular weight is 378 g/mol. The summed E-state index contributed by atoms with van der Waals surface area (Å²) in [6, 6.07) is 7.71. The van der Waals surface area contributed by atoms with Crippen molar-refractivity contribution in [3.8, 4) is 5.75 Å². The van der Waals surface area contributed by atoms with Gasteiger partial charge in [-0.1, -0.05) is 12.1 Å². The van der Waals surface area contributed by atoms with E-state index >= 15 is 0 Å². The normalized spacial score (nSPS) is 19.6. The van der Waals surface area contributed by atoms with Crippen molar-refractivity contribution in [3.63, 3.8) is 0 Å². The quantitative estimate of drug-likeness (QED) is 0.877. The number of ether oxygens (including phenoxy) is 1. The lowest BCUT2D eigenvalue weighted by atomic mass is 10.0. The summed E-state index contributed by atoms with van der Waals surface area (Å²) in [5, 5.41) is 0. The highest BCUT2D eigenvalue weighted by Crippen LogP contribution is 2.26. The molecule has 2 rings (SSSR count). The van der Waals surface area contributed by atoms with Gasteiger partial charge in [-0.3, -0.25) is 4.79 Å². The minimum absolute atomic E-state index is 0. The van der Waals surface area contributed by atoms with Crippen molar-refractivity contribution in [2.45, 2.75) is 38.3 Å². The summed E-state index contributed by atoms with van der Waals surface area (Å²) in [6.45, 7) is 3.10. The number of hydrogen-bond acceptors (Lipinski definition) is 3. The maximum Gasteiger partial charge on any atom is 0.263 e. The molecule has 2 N–H and O–H groups in total. The van der Waals surface area contributed by atoms with Crippen molar-refractivity contribution < 1.29 is 9.53 Å². The van der Waals surface area contributed by atoms with Crippen LogP contribution in [0.25, 0.3) is 0 Å². The number of nitrogens with zero attached hydrogens (tertiary/aromatic N) is 1. The smallest absolute Gasteiger partial charge is 0.263 e. The molecule has 1 aliphatic rings. The molecule has 1 fully saturated rings. The fourth-order valence-electron chi connectivity index (χ4n) is 2.55. The summed E-state index contributed by atoms with van der Waals surface area (Å²) in [5.74, 6) is 0.713. The van der Waals surface area contributed by atoms with Crippen LogP contribution in [0.4, 0.5) is 0 Å². The largest absolute Gasteiger partial charge is 0.480 e. The standard InChI is InChI=1S/C15H21BrN2O2.ClH/c1-11(20-14-8-3-2-7-13(14)16)15(19)18-9-5-4-6-12(18)10-17;/h2-3,7-8,11-12H,4-6,9-10,17H2,1H3;1H. The Morgan fingerprint density at radius 2 is 2.19 bits per heavy atom. The summed E-state index contributed by atoms with van der Waals surface area (Å²) in [6.07, 6.45) is 2.68. The summed E-state index contributed by atoms with van der Waals surface area (Å²) >= 11 is 3.43. The molecule has 1 aliphatic heterocycles. The van der Waals surface area contributed by atoms with Gasteiger partial charge in [-0.25, -0.2) is 0 Å². The Morgan fingerprint density at radius 1 is 1.48 bits per heavy atom. The zero-order valence-electron chi connectivity index (χ0n) is 12.1. The van der Waals surface area contributed by atoms with E-state index in [2.05, 4.69) is 15.9 Å².